The number of hydrogen-bond donors (Lipinski definition) is 5. The number of carbonyl (C=O) groups excluding carboxylic acids is 4. The van der Waals surface area contributed by atoms with Gasteiger partial charge in [-0.2, -0.15) is 0 Å². The van der Waals surface area contributed by atoms with Crippen LogP contribution in [-0.2, 0) is 40.2 Å². The minimum atomic E-state index is -1.08. The normalized spacial score (nSPS) is 15.7. The van der Waals surface area contributed by atoms with Crippen LogP contribution in [0.1, 0.15) is 144 Å². The van der Waals surface area contributed by atoms with Crippen molar-refractivity contribution in [1.82, 2.24) is 40.5 Å². The van der Waals surface area contributed by atoms with Gasteiger partial charge in [-0.3, -0.25) is 24.5 Å². The molecule has 4 amide bonds. The summed E-state index contributed by atoms with van der Waals surface area (Å²) in [5.74, 6) is -0.922. The Labute approximate surface area is 518 Å². The fraction of sp³-hybridized carbons (Fsp3) is 0.394. The molecule has 0 saturated carbocycles. The van der Waals surface area contributed by atoms with Crippen molar-refractivity contribution in [3.63, 3.8) is 0 Å². The zero-order valence-electron chi connectivity index (χ0n) is 49.9. The van der Waals surface area contributed by atoms with Gasteiger partial charge < -0.3 is 35.4 Å². The number of nitrogens with one attached hydrogen (secondary N) is 3. The number of unbranched alkanes of at least 4 members (excludes halogenated alkanes) is 4. The summed E-state index contributed by atoms with van der Waals surface area (Å²) in [5, 5.41) is 31.1. The number of aromatic nitrogens is 5. The monoisotopic (exact) mass is 1230 g/mol. The van der Waals surface area contributed by atoms with Gasteiger partial charge in [0.25, 0.3) is 5.91 Å². The molecule has 0 aliphatic carbocycles. The summed E-state index contributed by atoms with van der Waals surface area (Å²) in [6.45, 7) is 13.0. The van der Waals surface area contributed by atoms with Gasteiger partial charge in [-0.1, -0.05) is 99.9 Å². The number of aromatic carboxylic acids is 1. The number of carbonyl (C=O) groups is 5. The third kappa shape index (κ3) is 15.2. The summed E-state index contributed by atoms with van der Waals surface area (Å²) < 4.78 is 7.19. The number of nitrogens with zero attached hydrogens (tertiary/aromatic N) is 7. The Morgan fingerprint density at radius 1 is 0.828 bits per heavy atom. The van der Waals surface area contributed by atoms with E-state index in [1.165, 1.54) is 27.6 Å². The molecular weight excluding hydrogens is 1160 g/mol. The molecule has 21 heteroatoms. The van der Waals surface area contributed by atoms with E-state index in [4.69, 9.17) is 4.74 Å². The Bertz CT molecular complexity index is 3730. The number of carboxylic acid groups (broad SMARTS) is 1. The van der Waals surface area contributed by atoms with Crippen molar-refractivity contribution in [3.8, 4) is 27.6 Å². The van der Waals surface area contributed by atoms with E-state index in [1.807, 2.05) is 144 Å². The summed E-state index contributed by atoms with van der Waals surface area (Å²) in [6, 6.07) is 25.2. The zero-order valence-corrected chi connectivity index (χ0v) is 52.4. The van der Waals surface area contributed by atoms with Crippen molar-refractivity contribution in [2.24, 2.45) is 5.41 Å². The highest BCUT2D eigenvalue weighted by atomic mass is 32.1. The van der Waals surface area contributed by atoms with Crippen molar-refractivity contribution in [2.75, 3.05) is 29.9 Å². The highest BCUT2D eigenvalue weighted by Gasteiger charge is 2.45. The molecule has 0 radical (unpaired) electrons. The summed E-state index contributed by atoms with van der Waals surface area (Å²) >= 11 is 4.38. The molecule has 18 nitrogen and oxygen atoms in total. The second kappa shape index (κ2) is 27.8. The van der Waals surface area contributed by atoms with Crippen LogP contribution < -0.4 is 25.6 Å². The van der Waals surface area contributed by atoms with Crippen molar-refractivity contribution >= 4 is 84.1 Å². The number of fused-ring (bicyclic) bond motifs is 2. The Balaban J connectivity index is 0.630. The van der Waals surface area contributed by atoms with Gasteiger partial charge in [0.05, 0.1) is 45.1 Å². The lowest BCUT2D eigenvalue weighted by atomic mass is 9.85. The van der Waals surface area contributed by atoms with Crippen LogP contribution in [-0.4, -0.2) is 108 Å². The standard InChI is InChI=1S/C66H74N10O8S3/c1-39-32-46(27-28-52(39)84-31-15-21-54-56(63(82)83)73-65(87-54)75-30-29-44-17-14-18-48(49(44)37-75)60(79)74-64-71-50-19-12-13-20-53(50)86-64)59-67-34-42(35-68-59)16-10-8-7-9-11-22-55(78)72-58(66(4,5)6)62(81)76-36-47(77)33-51(76)61(80)70-40(2)43-23-25-45(26-24-43)57-41(3)69-38-85-57/h12-14,17-20,23-28,32,34-35,38,40,47,51,58,77H,7-11,15-16,21-22,29-31,33,36-37H2,1-6H3,(H,70,80)(H,72,78)(H,82,83)(H,71,74,79)/t40-,47+,51-,58+/m0/s1. The third-order valence-corrected chi connectivity index (χ3v) is 19.2. The lowest BCUT2D eigenvalue weighted by Gasteiger charge is -2.35. The number of aryl methyl sites for hydroxylation is 4. The lowest BCUT2D eigenvalue weighted by Crippen LogP contribution is -2.57. The summed E-state index contributed by atoms with van der Waals surface area (Å²) in [7, 11) is 0. The second-order valence-electron chi connectivity index (χ2n) is 23.6. The average molecular weight is 1230 g/mol. The van der Waals surface area contributed by atoms with E-state index >= 15 is 0 Å². The van der Waals surface area contributed by atoms with Crippen LogP contribution in [0.15, 0.2) is 103 Å². The van der Waals surface area contributed by atoms with E-state index in [0.29, 0.717) is 71.9 Å². The number of thiazole rings is 3. The molecule has 5 N–H and O–H groups in total. The number of anilines is 2. The second-order valence-corrected chi connectivity index (χ2v) is 26.6. The van der Waals surface area contributed by atoms with Gasteiger partial charge in [-0.25, -0.2) is 29.7 Å². The predicted molar refractivity (Wildman–Crippen MR) is 342 cm³/mol. The van der Waals surface area contributed by atoms with Crippen LogP contribution in [0.4, 0.5) is 10.3 Å². The van der Waals surface area contributed by atoms with E-state index in [9.17, 15) is 34.2 Å². The van der Waals surface area contributed by atoms with E-state index in [2.05, 4.69) is 45.8 Å². The first kappa shape index (κ1) is 62.1. The molecule has 6 heterocycles. The number of aliphatic hydroxyl groups is 1. The maximum absolute atomic E-state index is 14.2. The van der Waals surface area contributed by atoms with E-state index in [1.54, 1.807) is 11.3 Å². The minimum absolute atomic E-state index is 0.0114. The van der Waals surface area contributed by atoms with Gasteiger partial charge >= 0.3 is 5.97 Å². The van der Waals surface area contributed by atoms with Gasteiger partial charge in [-0.15, -0.1) is 22.7 Å². The molecule has 10 rings (SSSR count). The molecular formula is C66H74N10O8S3. The first-order valence-electron chi connectivity index (χ1n) is 29.8. The Morgan fingerprint density at radius 2 is 1.59 bits per heavy atom. The molecule has 4 aromatic heterocycles. The fourth-order valence-electron chi connectivity index (χ4n) is 11.3. The average Bonchev–Trinajstić information content (AvgIpc) is 3.05. The van der Waals surface area contributed by atoms with E-state index in [-0.39, 0.29) is 54.8 Å². The van der Waals surface area contributed by atoms with E-state index < -0.39 is 29.6 Å². The fourth-order valence-corrected chi connectivity index (χ4v) is 14.0. The van der Waals surface area contributed by atoms with Gasteiger partial charge in [0.2, 0.25) is 17.7 Å². The van der Waals surface area contributed by atoms with Crippen molar-refractivity contribution in [2.45, 2.75) is 143 Å². The van der Waals surface area contributed by atoms with Crippen molar-refractivity contribution in [3.05, 3.63) is 152 Å². The van der Waals surface area contributed by atoms with E-state index in [0.717, 1.165) is 97.6 Å². The smallest absolute Gasteiger partial charge is 0.355 e. The predicted octanol–water partition coefficient (Wildman–Crippen LogP) is 11.7. The Kier molecular flexibility index (Phi) is 19.8. The van der Waals surface area contributed by atoms with Gasteiger partial charge in [0, 0.05) is 60.9 Å². The van der Waals surface area contributed by atoms with Crippen LogP contribution >= 0.6 is 34.0 Å². The molecule has 4 atom stereocenters. The molecule has 4 aromatic carbocycles. The highest BCUT2D eigenvalue weighted by molar-refractivity contribution is 7.22. The first-order valence-corrected chi connectivity index (χ1v) is 32.3. The number of ether oxygens (including phenoxy) is 1. The third-order valence-electron chi connectivity index (χ3n) is 16.1. The quantitative estimate of drug-likeness (QED) is 0.0354. The minimum Gasteiger partial charge on any atom is -0.493 e. The molecule has 0 unspecified atom stereocenters. The number of para-hydroxylation sites is 1. The molecule has 1 saturated heterocycles. The number of hydrogen-bond acceptors (Lipinski definition) is 16. The summed E-state index contributed by atoms with van der Waals surface area (Å²) in [6.07, 6.45) is 10.2. The van der Waals surface area contributed by atoms with Crippen LogP contribution in [0.25, 0.3) is 32.0 Å². The molecule has 8 aromatic rings. The number of rotatable bonds is 24. The molecule has 2 aliphatic heterocycles. The molecule has 0 spiro atoms. The van der Waals surface area contributed by atoms with Crippen molar-refractivity contribution in [1.29, 1.82) is 0 Å². The summed E-state index contributed by atoms with van der Waals surface area (Å²) in [5.41, 5.74) is 10.3. The molecule has 0 bridgehead atoms. The largest absolute Gasteiger partial charge is 0.493 e. The summed E-state index contributed by atoms with van der Waals surface area (Å²) in [4.78, 5) is 95.4. The van der Waals surface area contributed by atoms with Gasteiger partial charge in [0.1, 0.15) is 17.8 Å². The maximum atomic E-state index is 14.2. The number of amides is 4. The Morgan fingerprint density at radius 3 is 2.32 bits per heavy atom. The number of carboxylic acids is 1. The number of β-amino-alcohol motifs (C(OH)–C–C–N with tert-alkyl or cyclic N) is 1. The van der Waals surface area contributed by atoms with Crippen LogP contribution in [0.5, 0.6) is 5.75 Å². The van der Waals surface area contributed by atoms with Crippen molar-refractivity contribution < 1.29 is 38.9 Å². The maximum Gasteiger partial charge on any atom is 0.355 e. The Hall–Kier alpha value is -7.98. The van der Waals surface area contributed by atoms with Gasteiger partial charge in [-0.05, 0) is 134 Å². The molecule has 2 aliphatic rings. The SMILES string of the molecule is Cc1cc(-c2ncc(CCCCCCCC(=O)N[C@H](C(=O)N3C[C@H](O)C[C@H]3C(=O)N[C@@H](C)c3ccc(-c4scnc4C)cc3)C(C)(C)C)cn2)ccc1OCCCc1sc(N2CCc3cccc(C(=O)Nc4nc5ccccc5s4)c3C2)nc1C(=O)O. The molecule has 454 valence electrons. The van der Waals surface area contributed by atoms with Crippen LogP contribution in [0.3, 0.4) is 0 Å². The number of benzene rings is 4. The topological polar surface area (TPSA) is 242 Å². The first-order chi connectivity index (χ1) is 41.9. The molecule has 87 heavy (non-hydrogen) atoms. The number of likely N-dealkylation sites (tertiary alicyclic amines) is 1. The molecule has 1 fully saturated rings. The highest BCUT2D eigenvalue weighted by Crippen LogP contribution is 2.35. The van der Waals surface area contributed by atoms with Crippen LogP contribution in [0.2, 0.25) is 0 Å². The van der Waals surface area contributed by atoms with Crippen LogP contribution in [0, 0.1) is 19.3 Å². The zero-order chi connectivity index (χ0) is 61.4. The van der Waals surface area contributed by atoms with Gasteiger partial charge in [0.15, 0.2) is 21.8 Å². The lowest BCUT2D eigenvalue weighted by molar-refractivity contribution is -0.144. The number of aliphatic hydroxyl groups excluding tert-OH is 1.